The molecule has 53 heavy (non-hydrogen) atoms. The molecule has 0 spiro atoms. The van der Waals surface area contributed by atoms with Gasteiger partial charge in [-0.25, -0.2) is 4.98 Å². The second-order valence-electron chi connectivity index (χ2n) is 12.9. The standard InChI is InChI=1S/C49H36N4/c1-3-16-37(17-4-1)40-22-14-23-41(38-18-5-2-6-19-38)49(40)52-34-51(45-25-9-10-26-46(45)52)39-20-13-15-35(32-39)31-36-28-29-43-42-21-7-8-24-44(42)53(47(43)33-36)48-27-11-12-30-50-48/h1-30,32-33H,31,34H2/i1D,2D,3D,4D,5D,6D,16D,17D,18D,19D. The van der Waals surface area contributed by atoms with Crippen LogP contribution in [0.5, 0.6) is 0 Å². The van der Waals surface area contributed by atoms with Crippen molar-refractivity contribution in [1.29, 1.82) is 0 Å². The van der Waals surface area contributed by atoms with Crippen molar-refractivity contribution in [1.82, 2.24) is 9.55 Å². The molecular weight excluding hydrogens is 645 g/mol. The minimum atomic E-state index is -0.537. The third kappa shape index (κ3) is 5.44. The van der Waals surface area contributed by atoms with Gasteiger partial charge in [0, 0.05) is 33.8 Å². The van der Waals surface area contributed by atoms with E-state index in [1.54, 1.807) is 24.4 Å². The summed E-state index contributed by atoms with van der Waals surface area (Å²) in [7, 11) is 0. The van der Waals surface area contributed by atoms with Gasteiger partial charge in [-0.3, -0.25) is 4.57 Å². The van der Waals surface area contributed by atoms with E-state index in [4.69, 9.17) is 13.7 Å². The SMILES string of the molecule is [2H]c1c([2H])c([2H])c(-c2cccc(-c3c([2H])c([2H])c([2H])c([2H])c3[2H])c2N2CN(c3cccc(Cc4ccc5c6ccccc6n(-c6ccccn6)c5c4)c3)c3ccccc32)c([2H])c1[2H]. The van der Waals surface area contributed by atoms with E-state index < -0.39 is 60.4 Å². The average molecular weight is 691 g/mol. The highest BCUT2D eigenvalue weighted by Gasteiger charge is 2.31. The Bertz CT molecular complexity index is 3190. The van der Waals surface area contributed by atoms with Gasteiger partial charge in [-0.1, -0.05) is 139 Å². The van der Waals surface area contributed by atoms with Gasteiger partial charge in [0.15, 0.2) is 0 Å². The zero-order valence-electron chi connectivity index (χ0n) is 38.4. The van der Waals surface area contributed by atoms with Crippen molar-refractivity contribution in [3.05, 3.63) is 205 Å². The fourth-order valence-electron chi connectivity index (χ4n) is 7.56. The number of aromatic nitrogens is 2. The lowest BCUT2D eigenvalue weighted by Crippen LogP contribution is -2.25. The molecule has 0 N–H and O–H groups in total. The monoisotopic (exact) mass is 690 g/mol. The summed E-state index contributed by atoms with van der Waals surface area (Å²) < 4.78 is 89.0. The van der Waals surface area contributed by atoms with Crippen LogP contribution in [0.2, 0.25) is 0 Å². The normalized spacial score (nSPS) is 15.1. The molecule has 9 aromatic rings. The van der Waals surface area contributed by atoms with Crippen LogP contribution in [0.4, 0.5) is 22.7 Å². The third-order valence-electron chi connectivity index (χ3n) is 9.84. The van der Waals surface area contributed by atoms with Gasteiger partial charge in [-0.05, 0) is 77.2 Å². The maximum Gasteiger partial charge on any atom is 0.137 e. The number of pyridine rings is 1. The first kappa shape index (κ1) is 22.1. The lowest BCUT2D eigenvalue weighted by molar-refractivity contribution is 0.990. The van der Waals surface area contributed by atoms with Gasteiger partial charge in [-0.2, -0.15) is 0 Å². The van der Waals surface area contributed by atoms with Gasteiger partial charge in [-0.15, -0.1) is 0 Å². The first-order valence-corrected chi connectivity index (χ1v) is 17.4. The molecule has 4 nitrogen and oxygen atoms in total. The summed E-state index contributed by atoms with van der Waals surface area (Å²) in [6.07, 6.45) is 2.43. The van der Waals surface area contributed by atoms with Gasteiger partial charge in [0.05, 0.1) is 41.8 Å². The first-order valence-electron chi connectivity index (χ1n) is 22.4. The minimum absolute atomic E-state index is 0.0674. The Balaban J connectivity index is 1.10. The van der Waals surface area contributed by atoms with Crippen molar-refractivity contribution < 1.29 is 13.7 Å². The molecule has 0 amide bonds. The summed E-state index contributed by atoms with van der Waals surface area (Å²) in [5.74, 6) is 0.836. The Hall–Kier alpha value is -6.91. The lowest BCUT2D eigenvalue weighted by Gasteiger charge is -2.27. The highest BCUT2D eigenvalue weighted by molar-refractivity contribution is 6.09. The van der Waals surface area contributed by atoms with Crippen LogP contribution in [-0.2, 0) is 6.42 Å². The number of anilines is 4. The molecule has 0 saturated heterocycles. The first-order chi connectivity index (χ1) is 30.4. The largest absolute Gasteiger partial charge is 0.321 e. The fourth-order valence-corrected chi connectivity index (χ4v) is 7.56. The van der Waals surface area contributed by atoms with E-state index in [0.29, 0.717) is 17.8 Å². The van der Waals surface area contributed by atoms with Crippen LogP contribution < -0.4 is 9.80 Å². The van der Waals surface area contributed by atoms with Crippen LogP contribution in [0.15, 0.2) is 194 Å². The Morgan fingerprint density at radius 1 is 0.528 bits per heavy atom. The molecule has 0 fully saturated rings. The van der Waals surface area contributed by atoms with Gasteiger partial charge in [0.1, 0.15) is 12.5 Å². The molecule has 1 aliphatic heterocycles. The van der Waals surface area contributed by atoms with Crippen LogP contribution in [0.25, 0.3) is 49.9 Å². The van der Waals surface area contributed by atoms with Crippen molar-refractivity contribution in [3.8, 4) is 28.1 Å². The zero-order valence-corrected chi connectivity index (χ0v) is 28.4. The van der Waals surface area contributed by atoms with Gasteiger partial charge in [0.25, 0.3) is 0 Å². The molecule has 0 saturated carbocycles. The summed E-state index contributed by atoms with van der Waals surface area (Å²) in [6, 6.07) is 36.9. The van der Waals surface area contributed by atoms with E-state index >= 15 is 0 Å². The second kappa shape index (κ2) is 13.0. The molecule has 0 atom stereocenters. The van der Waals surface area contributed by atoms with Crippen molar-refractivity contribution >= 4 is 44.6 Å². The molecule has 0 radical (unpaired) electrons. The number of rotatable bonds is 7. The number of fused-ring (bicyclic) bond motifs is 4. The molecule has 1 aliphatic rings. The topological polar surface area (TPSA) is 24.3 Å². The van der Waals surface area contributed by atoms with Crippen molar-refractivity contribution in [3.63, 3.8) is 0 Å². The Morgan fingerprint density at radius 3 is 1.91 bits per heavy atom. The van der Waals surface area contributed by atoms with Crippen molar-refractivity contribution in [2.45, 2.75) is 6.42 Å². The van der Waals surface area contributed by atoms with E-state index in [1.807, 2.05) is 71.6 Å². The number of para-hydroxylation sites is 4. The van der Waals surface area contributed by atoms with Crippen LogP contribution in [-0.4, -0.2) is 16.2 Å². The predicted octanol–water partition coefficient (Wildman–Crippen LogP) is 12.4. The van der Waals surface area contributed by atoms with Gasteiger partial charge >= 0.3 is 0 Å². The highest BCUT2D eigenvalue weighted by Crippen LogP contribution is 2.50. The Kier molecular flexibility index (Phi) is 5.43. The summed E-state index contributed by atoms with van der Waals surface area (Å²) in [5, 5.41) is 2.28. The van der Waals surface area contributed by atoms with Crippen molar-refractivity contribution in [2.75, 3.05) is 16.5 Å². The maximum atomic E-state index is 8.99. The van der Waals surface area contributed by atoms with Crippen molar-refractivity contribution in [2.24, 2.45) is 0 Å². The molecule has 0 aliphatic carbocycles. The summed E-state index contributed by atoms with van der Waals surface area (Å²) in [4.78, 5) is 8.74. The summed E-state index contributed by atoms with van der Waals surface area (Å²) in [5.41, 5.74) is 7.40. The maximum absolute atomic E-state index is 8.99. The van der Waals surface area contributed by atoms with E-state index in [1.165, 1.54) is 0 Å². The highest BCUT2D eigenvalue weighted by atomic mass is 15.4. The summed E-state index contributed by atoms with van der Waals surface area (Å²) in [6.45, 7) is 0.181. The van der Waals surface area contributed by atoms with Crippen LogP contribution in [0, 0.1) is 0 Å². The smallest absolute Gasteiger partial charge is 0.137 e. The number of hydrogen-bond donors (Lipinski definition) is 0. The minimum Gasteiger partial charge on any atom is -0.321 e. The molecule has 0 unspecified atom stereocenters. The Labute approximate surface area is 323 Å². The molecule has 252 valence electrons. The molecule has 3 heterocycles. The zero-order chi connectivity index (χ0) is 43.8. The number of nitrogens with zero attached hydrogens (tertiary/aromatic N) is 4. The van der Waals surface area contributed by atoms with Gasteiger partial charge in [0.2, 0.25) is 0 Å². The summed E-state index contributed by atoms with van der Waals surface area (Å²) >= 11 is 0. The quantitative estimate of drug-likeness (QED) is 0.166. The average Bonchev–Trinajstić information content (AvgIpc) is 3.85. The Morgan fingerprint density at radius 2 is 1.17 bits per heavy atom. The molecule has 10 rings (SSSR count). The lowest BCUT2D eigenvalue weighted by atomic mass is 9.95. The van der Waals surface area contributed by atoms with E-state index in [0.717, 1.165) is 50.1 Å². The molecule has 4 heteroatoms. The van der Waals surface area contributed by atoms with E-state index in [9.17, 15) is 0 Å². The molecule has 7 aromatic carbocycles. The van der Waals surface area contributed by atoms with Crippen LogP contribution in [0.3, 0.4) is 0 Å². The molecule has 0 bridgehead atoms. The predicted molar refractivity (Wildman–Crippen MR) is 221 cm³/mol. The van der Waals surface area contributed by atoms with Gasteiger partial charge < -0.3 is 9.80 Å². The molecular formula is C49H36N4. The van der Waals surface area contributed by atoms with Crippen LogP contribution in [0.1, 0.15) is 24.8 Å². The number of hydrogen-bond acceptors (Lipinski definition) is 3. The third-order valence-corrected chi connectivity index (χ3v) is 9.84. The number of benzene rings is 7. The van der Waals surface area contributed by atoms with E-state index in [-0.39, 0.29) is 28.9 Å². The van der Waals surface area contributed by atoms with E-state index in [2.05, 4.69) is 56.9 Å². The fraction of sp³-hybridized carbons (Fsp3) is 0.0408. The molecule has 2 aromatic heterocycles. The van der Waals surface area contributed by atoms with Crippen LogP contribution >= 0.6 is 0 Å². The second-order valence-corrected chi connectivity index (χ2v) is 12.9.